The number of hydrogen-bond donors (Lipinski definition) is 2. The minimum atomic E-state index is -0.458. The molecule has 294 valence electrons. The Balaban J connectivity index is 4.30. The van der Waals surface area contributed by atoms with Gasteiger partial charge in [0.1, 0.15) is 0 Å². The molecule has 0 rings (SSSR count). The Kier molecular flexibility index (Phi) is 38.1. The summed E-state index contributed by atoms with van der Waals surface area (Å²) in [6.45, 7) is 11.4. The lowest BCUT2D eigenvalue weighted by Gasteiger charge is -2.34. The van der Waals surface area contributed by atoms with Crippen molar-refractivity contribution in [3.05, 3.63) is 0 Å². The highest BCUT2D eigenvalue weighted by molar-refractivity contribution is 5.72. The highest BCUT2D eigenvalue weighted by atomic mass is 16.5. The van der Waals surface area contributed by atoms with Crippen molar-refractivity contribution in [2.24, 2.45) is 5.92 Å². The Morgan fingerprint density at radius 2 is 0.857 bits per heavy atom. The van der Waals surface area contributed by atoms with E-state index in [1.807, 2.05) is 0 Å². The zero-order valence-electron chi connectivity index (χ0n) is 33.8. The van der Waals surface area contributed by atoms with Crippen molar-refractivity contribution in [1.82, 2.24) is 4.90 Å². The van der Waals surface area contributed by atoms with Crippen LogP contribution >= 0.6 is 0 Å². The molecule has 0 fully saturated rings. The summed E-state index contributed by atoms with van der Waals surface area (Å²) in [6, 6.07) is -0.161. The quantitative estimate of drug-likeness (QED) is 0.0493. The molecule has 0 aliphatic heterocycles. The molecule has 0 saturated carbocycles. The Morgan fingerprint density at radius 1 is 0.490 bits per heavy atom. The van der Waals surface area contributed by atoms with Crippen LogP contribution in [0.15, 0.2) is 0 Å². The van der Waals surface area contributed by atoms with Crippen LogP contribution in [0.2, 0.25) is 0 Å². The lowest BCUT2D eigenvalue weighted by Crippen LogP contribution is -2.47. The highest BCUT2D eigenvalue weighted by Crippen LogP contribution is 2.21. The number of carbonyl (C=O) groups excluding carboxylic acids is 1. The first-order valence-corrected chi connectivity index (χ1v) is 22.2. The summed E-state index contributed by atoms with van der Waals surface area (Å²) in [7, 11) is 0. The van der Waals surface area contributed by atoms with Gasteiger partial charge in [0.25, 0.3) is 0 Å². The average molecular weight is 696 g/mol. The molecule has 0 radical (unpaired) electrons. The first kappa shape index (κ1) is 48.3. The summed E-state index contributed by atoms with van der Waals surface area (Å²) in [4.78, 5) is 15.3. The second-order valence-corrected chi connectivity index (χ2v) is 15.4. The summed E-state index contributed by atoms with van der Waals surface area (Å²) < 4.78 is 5.81. The molecule has 0 aromatic carbocycles. The van der Waals surface area contributed by atoms with Gasteiger partial charge in [-0.2, -0.15) is 0 Å². The number of hydrogen-bond acceptors (Lipinski definition) is 5. The molecule has 2 N–H and O–H groups in total. The number of carbonyl (C=O) groups is 1. The molecule has 0 amide bonds. The van der Waals surface area contributed by atoms with Gasteiger partial charge in [0.2, 0.25) is 0 Å². The topological polar surface area (TPSA) is 70.0 Å². The first-order chi connectivity index (χ1) is 24.0. The van der Waals surface area contributed by atoms with Crippen LogP contribution in [-0.2, 0) is 9.53 Å². The molecule has 0 spiro atoms. The lowest BCUT2D eigenvalue weighted by atomic mass is 9.94. The predicted octanol–water partition coefficient (Wildman–Crippen LogP) is 12.7. The third-order valence-corrected chi connectivity index (χ3v) is 10.7. The monoisotopic (exact) mass is 696 g/mol. The van der Waals surface area contributed by atoms with Crippen molar-refractivity contribution in [1.29, 1.82) is 0 Å². The largest absolute Gasteiger partial charge is 0.465 e. The van der Waals surface area contributed by atoms with Crippen molar-refractivity contribution in [3.63, 3.8) is 0 Å². The van der Waals surface area contributed by atoms with Gasteiger partial charge in [0.05, 0.1) is 31.3 Å². The predicted molar refractivity (Wildman–Crippen MR) is 213 cm³/mol. The molecular formula is C44H89NO4. The van der Waals surface area contributed by atoms with Gasteiger partial charge in [-0.05, 0) is 51.6 Å². The fourth-order valence-corrected chi connectivity index (χ4v) is 7.28. The second kappa shape index (κ2) is 38.6. The molecule has 0 aromatic heterocycles. The van der Waals surface area contributed by atoms with E-state index in [1.165, 1.54) is 128 Å². The smallest absolute Gasteiger partial charge is 0.308 e. The van der Waals surface area contributed by atoms with Crippen molar-refractivity contribution in [2.45, 2.75) is 245 Å². The van der Waals surface area contributed by atoms with E-state index in [2.05, 4.69) is 32.6 Å². The average Bonchev–Trinajstić information content (AvgIpc) is 3.10. The SMILES string of the molecule is CCCCCCCCCCCCCCCC(O)C(CO)N(CCCC)CCCCCCOC(=O)C(CCCCCC)CCCCCCCC. The minimum Gasteiger partial charge on any atom is -0.465 e. The number of unbranched alkanes of at least 4 members (excludes halogenated alkanes) is 24. The van der Waals surface area contributed by atoms with Crippen LogP contribution in [0.1, 0.15) is 233 Å². The molecule has 0 aliphatic carbocycles. The van der Waals surface area contributed by atoms with Crippen LogP contribution in [0.5, 0.6) is 0 Å². The maximum absolute atomic E-state index is 13.0. The van der Waals surface area contributed by atoms with Crippen molar-refractivity contribution >= 4 is 5.97 Å². The normalized spacial score (nSPS) is 13.6. The lowest BCUT2D eigenvalue weighted by molar-refractivity contribution is -0.149. The Bertz CT molecular complexity index is 659. The van der Waals surface area contributed by atoms with Gasteiger partial charge in [-0.25, -0.2) is 0 Å². The van der Waals surface area contributed by atoms with E-state index >= 15 is 0 Å². The van der Waals surface area contributed by atoms with Crippen LogP contribution in [0.25, 0.3) is 0 Å². The summed E-state index contributed by atoms with van der Waals surface area (Å²) in [6.07, 6.45) is 38.4. The molecule has 5 nitrogen and oxygen atoms in total. The van der Waals surface area contributed by atoms with E-state index in [0.29, 0.717) is 6.61 Å². The molecule has 0 aromatic rings. The first-order valence-electron chi connectivity index (χ1n) is 22.2. The molecule has 3 atom stereocenters. The third kappa shape index (κ3) is 30.7. The van der Waals surface area contributed by atoms with Crippen molar-refractivity contribution in [3.8, 4) is 0 Å². The minimum absolute atomic E-state index is 0.0254. The zero-order valence-corrected chi connectivity index (χ0v) is 33.8. The van der Waals surface area contributed by atoms with E-state index in [4.69, 9.17) is 4.74 Å². The van der Waals surface area contributed by atoms with Crippen LogP contribution < -0.4 is 0 Å². The van der Waals surface area contributed by atoms with Crippen LogP contribution in [0.3, 0.4) is 0 Å². The van der Waals surface area contributed by atoms with E-state index in [-0.39, 0.29) is 24.5 Å². The molecule has 3 unspecified atom stereocenters. The van der Waals surface area contributed by atoms with Gasteiger partial charge >= 0.3 is 5.97 Å². The summed E-state index contributed by atoms with van der Waals surface area (Å²) in [5.74, 6) is 0.121. The summed E-state index contributed by atoms with van der Waals surface area (Å²) in [5.41, 5.74) is 0. The molecule has 49 heavy (non-hydrogen) atoms. The molecule has 0 bridgehead atoms. The van der Waals surface area contributed by atoms with E-state index < -0.39 is 6.10 Å². The van der Waals surface area contributed by atoms with Crippen LogP contribution in [0, 0.1) is 5.92 Å². The van der Waals surface area contributed by atoms with Gasteiger partial charge in [-0.1, -0.05) is 195 Å². The Labute approximate surface area is 307 Å². The molecule has 5 heteroatoms. The highest BCUT2D eigenvalue weighted by Gasteiger charge is 2.25. The summed E-state index contributed by atoms with van der Waals surface area (Å²) >= 11 is 0. The fourth-order valence-electron chi connectivity index (χ4n) is 7.28. The van der Waals surface area contributed by atoms with Gasteiger partial charge in [0.15, 0.2) is 0 Å². The maximum Gasteiger partial charge on any atom is 0.308 e. The van der Waals surface area contributed by atoms with Crippen molar-refractivity contribution < 1.29 is 19.7 Å². The van der Waals surface area contributed by atoms with E-state index in [1.54, 1.807) is 0 Å². The molecule has 0 saturated heterocycles. The second-order valence-electron chi connectivity index (χ2n) is 15.4. The fraction of sp³-hybridized carbons (Fsp3) is 0.977. The number of esters is 1. The zero-order chi connectivity index (χ0) is 36.0. The van der Waals surface area contributed by atoms with Gasteiger partial charge in [-0.3, -0.25) is 9.69 Å². The standard InChI is InChI=1S/C44H89NO4/c1-5-9-13-16-18-19-20-21-22-23-24-26-31-36-43(47)42(40-46)45(37-12-8-4)38-32-27-28-33-39-49-44(48)41(34-29-15-11-7-3)35-30-25-17-14-10-6-2/h41-43,46-47H,5-40H2,1-4H3. The number of nitrogens with zero attached hydrogens (tertiary/aromatic N) is 1. The Morgan fingerprint density at radius 3 is 1.33 bits per heavy atom. The van der Waals surface area contributed by atoms with Gasteiger partial charge in [-0.15, -0.1) is 0 Å². The van der Waals surface area contributed by atoms with Crippen molar-refractivity contribution in [2.75, 3.05) is 26.3 Å². The maximum atomic E-state index is 13.0. The van der Waals surface area contributed by atoms with Crippen LogP contribution in [-0.4, -0.2) is 59.5 Å². The molecule has 0 aliphatic rings. The van der Waals surface area contributed by atoms with Gasteiger partial charge in [0, 0.05) is 0 Å². The van der Waals surface area contributed by atoms with Gasteiger partial charge < -0.3 is 14.9 Å². The number of aliphatic hydroxyl groups excluding tert-OH is 2. The number of ether oxygens (including phenoxy) is 1. The molecular weight excluding hydrogens is 606 g/mol. The van der Waals surface area contributed by atoms with E-state index in [0.717, 1.165) is 90.1 Å². The number of rotatable bonds is 40. The molecule has 0 heterocycles. The summed E-state index contributed by atoms with van der Waals surface area (Å²) in [5, 5.41) is 21.3. The Hall–Kier alpha value is -0.650. The number of aliphatic hydroxyl groups is 2. The van der Waals surface area contributed by atoms with E-state index in [9.17, 15) is 15.0 Å². The van der Waals surface area contributed by atoms with Crippen LogP contribution in [0.4, 0.5) is 0 Å². The third-order valence-electron chi connectivity index (χ3n) is 10.7.